The molecule has 7 heteroatoms. The van der Waals surface area contributed by atoms with Gasteiger partial charge in [0.05, 0.1) is 4.47 Å². The Hall–Kier alpha value is -2.02. The Bertz CT molecular complexity index is 607. The molecule has 5 nitrogen and oxygen atoms in total. The van der Waals surface area contributed by atoms with Gasteiger partial charge in [-0.2, -0.15) is 0 Å². The molecule has 0 amide bonds. The Balaban J connectivity index is 2.37. The van der Waals surface area contributed by atoms with Gasteiger partial charge in [-0.1, -0.05) is 0 Å². The number of benzene rings is 1. The predicted molar refractivity (Wildman–Crippen MR) is 63.2 cm³/mol. The molecule has 0 aliphatic carbocycles. The lowest BCUT2D eigenvalue weighted by atomic mass is 10.3. The van der Waals surface area contributed by atoms with Gasteiger partial charge >= 0.3 is 5.97 Å². The van der Waals surface area contributed by atoms with Crippen LogP contribution in [0.1, 0.15) is 10.5 Å². The molecule has 0 aliphatic rings. The van der Waals surface area contributed by atoms with E-state index in [1.54, 1.807) is 0 Å². The smallest absolute Gasteiger partial charge is 0.360 e. The fourth-order valence-corrected chi connectivity index (χ4v) is 1.64. The first-order valence-electron chi connectivity index (χ1n) is 4.75. The molecule has 18 heavy (non-hydrogen) atoms. The molecule has 0 aliphatic heterocycles. The number of nitrogens with zero attached hydrogens (tertiary/aromatic N) is 2. The summed E-state index contributed by atoms with van der Waals surface area (Å²) in [5, 5.41) is 8.90. The van der Waals surface area contributed by atoms with Crippen LogP contribution in [0, 0.1) is 5.82 Å². The summed E-state index contributed by atoms with van der Waals surface area (Å²) in [5.41, 5.74) is -0.311. The van der Waals surface area contributed by atoms with E-state index in [4.69, 9.17) is 9.84 Å². The normalized spacial score (nSPS) is 10.1. The molecule has 2 rings (SSSR count). The number of hydrogen-bond acceptors (Lipinski definition) is 4. The fourth-order valence-electron chi connectivity index (χ4n) is 1.21. The number of hydrogen-bond donors (Lipinski definition) is 1. The molecule has 1 aromatic heterocycles. The van der Waals surface area contributed by atoms with Crippen LogP contribution in [0.4, 0.5) is 4.39 Å². The maximum atomic E-state index is 12.9. The van der Waals surface area contributed by atoms with Crippen molar-refractivity contribution in [3.63, 3.8) is 0 Å². The fraction of sp³-hybridized carbons (Fsp3) is 0. The second-order valence-corrected chi connectivity index (χ2v) is 4.05. The maximum absolute atomic E-state index is 12.9. The molecule has 0 saturated heterocycles. The molecule has 0 saturated carbocycles. The summed E-state index contributed by atoms with van der Waals surface area (Å²) in [7, 11) is 0. The minimum absolute atomic E-state index is 0.155. The molecule has 0 spiro atoms. The summed E-state index contributed by atoms with van der Waals surface area (Å²) in [6.45, 7) is 0. The van der Waals surface area contributed by atoms with E-state index in [1.807, 2.05) is 0 Å². The molecule has 2 aromatic rings. The summed E-state index contributed by atoms with van der Waals surface area (Å²) in [5.74, 6) is -1.60. The SMILES string of the molecule is O=C(O)c1nccnc1Oc1ccc(F)cc1Br. The Kier molecular flexibility index (Phi) is 3.52. The van der Waals surface area contributed by atoms with Crippen LogP contribution in [0.2, 0.25) is 0 Å². The monoisotopic (exact) mass is 312 g/mol. The van der Waals surface area contributed by atoms with Gasteiger partial charge in [-0.25, -0.2) is 19.2 Å². The standard InChI is InChI=1S/C11H6BrFN2O3/c12-7-5-6(13)1-2-8(7)18-10-9(11(16)17)14-3-4-15-10/h1-5H,(H,16,17). The van der Waals surface area contributed by atoms with E-state index in [0.29, 0.717) is 4.47 Å². The van der Waals surface area contributed by atoms with E-state index in [-0.39, 0.29) is 17.3 Å². The number of rotatable bonds is 3. The van der Waals surface area contributed by atoms with Crippen LogP contribution >= 0.6 is 15.9 Å². The van der Waals surface area contributed by atoms with E-state index >= 15 is 0 Å². The number of carboxylic acid groups (broad SMARTS) is 1. The first-order chi connectivity index (χ1) is 8.58. The third-order valence-electron chi connectivity index (χ3n) is 1.97. The maximum Gasteiger partial charge on any atom is 0.360 e. The molecule has 0 atom stereocenters. The Morgan fingerprint density at radius 2 is 2.06 bits per heavy atom. The van der Waals surface area contributed by atoms with Crippen molar-refractivity contribution in [3.8, 4) is 11.6 Å². The van der Waals surface area contributed by atoms with Gasteiger partial charge in [0.1, 0.15) is 11.6 Å². The number of halogens is 2. The summed E-state index contributed by atoms with van der Waals surface area (Å²) in [6, 6.07) is 3.75. The zero-order chi connectivity index (χ0) is 13.1. The van der Waals surface area contributed by atoms with E-state index in [1.165, 1.54) is 30.6 Å². The van der Waals surface area contributed by atoms with Crippen LogP contribution in [0.5, 0.6) is 11.6 Å². The largest absolute Gasteiger partial charge is 0.476 e. The number of aromatic carboxylic acids is 1. The van der Waals surface area contributed by atoms with Gasteiger partial charge in [-0.15, -0.1) is 0 Å². The highest BCUT2D eigenvalue weighted by molar-refractivity contribution is 9.10. The zero-order valence-electron chi connectivity index (χ0n) is 8.80. The summed E-state index contributed by atoms with van der Waals surface area (Å²) in [6.07, 6.45) is 2.55. The molecule has 92 valence electrons. The van der Waals surface area contributed by atoms with Crippen LogP contribution in [-0.4, -0.2) is 21.0 Å². The summed E-state index contributed by atoms with van der Waals surface area (Å²) >= 11 is 3.11. The quantitative estimate of drug-likeness (QED) is 0.943. The van der Waals surface area contributed by atoms with Crippen molar-refractivity contribution in [3.05, 3.63) is 46.6 Å². The average molecular weight is 313 g/mol. The lowest BCUT2D eigenvalue weighted by Gasteiger charge is -2.07. The molecule has 1 heterocycles. The van der Waals surface area contributed by atoms with Gasteiger partial charge in [0.15, 0.2) is 0 Å². The molecule has 0 fully saturated rings. The number of ether oxygens (including phenoxy) is 1. The second kappa shape index (κ2) is 5.09. The van der Waals surface area contributed by atoms with Crippen LogP contribution in [0.15, 0.2) is 35.1 Å². The molecular formula is C11H6BrFN2O3. The molecule has 1 aromatic carbocycles. The van der Waals surface area contributed by atoms with Crippen molar-refractivity contribution >= 4 is 21.9 Å². The van der Waals surface area contributed by atoms with Crippen molar-refractivity contribution < 1.29 is 19.0 Å². The molecule has 0 radical (unpaired) electrons. The highest BCUT2D eigenvalue weighted by Gasteiger charge is 2.15. The Morgan fingerprint density at radius 1 is 1.33 bits per heavy atom. The minimum atomic E-state index is -1.25. The number of carboxylic acids is 1. The second-order valence-electron chi connectivity index (χ2n) is 3.19. The molecule has 1 N–H and O–H groups in total. The minimum Gasteiger partial charge on any atom is -0.476 e. The Morgan fingerprint density at radius 3 is 2.72 bits per heavy atom. The van der Waals surface area contributed by atoms with Crippen LogP contribution in [0.25, 0.3) is 0 Å². The van der Waals surface area contributed by atoms with E-state index in [9.17, 15) is 9.18 Å². The topological polar surface area (TPSA) is 72.3 Å². The van der Waals surface area contributed by atoms with Crippen LogP contribution in [0.3, 0.4) is 0 Å². The zero-order valence-corrected chi connectivity index (χ0v) is 10.4. The number of aromatic nitrogens is 2. The van der Waals surface area contributed by atoms with Crippen molar-refractivity contribution in [2.24, 2.45) is 0 Å². The first-order valence-corrected chi connectivity index (χ1v) is 5.54. The van der Waals surface area contributed by atoms with Crippen LogP contribution < -0.4 is 4.74 Å². The van der Waals surface area contributed by atoms with E-state index in [2.05, 4.69) is 25.9 Å². The van der Waals surface area contributed by atoms with E-state index < -0.39 is 11.8 Å². The van der Waals surface area contributed by atoms with Crippen molar-refractivity contribution in [1.29, 1.82) is 0 Å². The highest BCUT2D eigenvalue weighted by Crippen LogP contribution is 2.30. The van der Waals surface area contributed by atoms with Crippen molar-refractivity contribution in [1.82, 2.24) is 9.97 Å². The molecule has 0 bridgehead atoms. The molecule has 0 unspecified atom stereocenters. The third kappa shape index (κ3) is 2.62. The number of carbonyl (C=O) groups is 1. The van der Waals surface area contributed by atoms with Crippen molar-refractivity contribution in [2.75, 3.05) is 0 Å². The third-order valence-corrected chi connectivity index (χ3v) is 2.59. The van der Waals surface area contributed by atoms with Crippen LogP contribution in [-0.2, 0) is 0 Å². The predicted octanol–water partition coefficient (Wildman–Crippen LogP) is 2.87. The average Bonchev–Trinajstić information content (AvgIpc) is 2.33. The van der Waals surface area contributed by atoms with E-state index in [0.717, 1.165) is 0 Å². The van der Waals surface area contributed by atoms with Gasteiger partial charge in [0.25, 0.3) is 5.88 Å². The van der Waals surface area contributed by atoms with Gasteiger partial charge in [-0.3, -0.25) is 0 Å². The first kappa shape index (κ1) is 12.4. The van der Waals surface area contributed by atoms with Crippen molar-refractivity contribution in [2.45, 2.75) is 0 Å². The summed E-state index contributed by atoms with van der Waals surface area (Å²) in [4.78, 5) is 18.3. The van der Waals surface area contributed by atoms with Gasteiger partial charge in [0, 0.05) is 12.4 Å². The van der Waals surface area contributed by atoms with Gasteiger partial charge in [0.2, 0.25) is 5.69 Å². The lowest BCUT2D eigenvalue weighted by molar-refractivity contribution is 0.0686. The highest BCUT2D eigenvalue weighted by atomic mass is 79.9. The molecular weight excluding hydrogens is 307 g/mol. The van der Waals surface area contributed by atoms with Gasteiger partial charge in [-0.05, 0) is 34.1 Å². The van der Waals surface area contributed by atoms with Gasteiger partial charge < -0.3 is 9.84 Å². The summed E-state index contributed by atoms with van der Waals surface area (Å²) < 4.78 is 18.5. The lowest BCUT2D eigenvalue weighted by Crippen LogP contribution is -2.04. The Labute approximate surface area is 109 Å².